The minimum Gasteiger partial charge on any atom is -0.253 e. The topological polar surface area (TPSA) is 12.9 Å². The van der Waals surface area contributed by atoms with Gasteiger partial charge in [-0.25, -0.2) is 0 Å². The fourth-order valence-electron chi connectivity index (χ4n) is 1.31. The summed E-state index contributed by atoms with van der Waals surface area (Å²) in [6.07, 6.45) is 0. The first-order chi connectivity index (χ1) is 7.36. The van der Waals surface area contributed by atoms with Crippen LogP contribution in [0.4, 0.5) is 0 Å². The molecule has 1 aromatic carbocycles. The maximum absolute atomic E-state index is 4.44. The van der Waals surface area contributed by atoms with E-state index in [4.69, 9.17) is 0 Å². The summed E-state index contributed by atoms with van der Waals surface area (Å²) in [6, 6.07) is 16.3. The Balaban J connectivity index is 0.000000531. The lowest BCUT2D eigenvalue weighted by Gasteiger charge is -2.00. The molecule has 78 valence electrons. The van der Waals surface area contributed by atoms with E-state index < -0.39 is 0 Å². The minimum atomic E-state index is 1.04. The molecule has 0 fully saturated rings. The van der Waals surface area contributed by atoms with E-state index in [1.165, 1.54) is 5.56 Å². The number of benzene rings is 1. The van der Waals surface area contributed by atoms with E-state index in [1.54, 1.807) is 0 Å². The molecule has 1 aromatic heterocycles. The molecule has 2 aromatic rings. The lowest BCUT2D eigenvalue weighted by atomic mass is 10.1. The Morgan fingerprint density at radius 3 is 2.07 bits per heavy atom. The van der Waals surface area contributed by atoms with E-state index in [0.717, 1.165) is 11.4 Å². The van der Waals surface area contributed by atoms with E-state index >= 15 is 0 Å². The van der Waals surface area contributed by atoms with Crippen molar-refractivity contribution in [3.05, 3.63) is 54.2 Å². The second-order valence-corrected chi connectivity index (χ2v) is 3.03. The number of rotatable bonds is 1. The van der Waals surface area contributed by atoms with Crippen LogP contribution in [0.2, 0.25) is 0 Å². The molecule has 15 heavy (non-hydrogen) atoms. The van der Waals surface area contributed by atoms with Gasteiger partial charge < -0.3 is 0 Å². The smallest absolute Gasteiger partial charge is 0.0705 e. The Labute approximate surface area is 91.8 Å². The van der Waals surface area contributed by atoms with Crippen molar-refractivity contribution in [3.8, 4) is 11.3 Å². The average Bonchev–Trinajstić information content (AvgIpc) is 2.33. The molecule has 0 saturated heterocycles. The van der Waals surface area contributed by atoms with Crippen molar-refractivity contribution in [2.45, 2.75) is 20.8 Å². The van der Waals surface area contributed by atoms with Crippen molar-refractivity contribution < 1.29 is 0 Å². The van der Waals surface area contributed by atoms with Crippen molar-refractivity contribution in [1.82, 2.24) is 4.98 Å². The summed E-state index contributed by atoms with van der Waals surface area (Å²) in [4.78, 5) is 4.44. The molecule has 0 aliphatic rings. The van der Waals surface area contributed by atoms with Gasteiger partial charge in [-0.15, -0.1) is 0 Å². The standard InChI is InChI=1S/C12H11N.C2H6/c1-10-6-5-9-12(13-10)11-7-3-2-4-8-11;1-2/h2-9H,1H3;1-2H3. The quantitative estimate of drug-likeness (QED) is 0.674. The summed E-state index contributed by atoms with van der Waals surface area (Å²) in [5.41, 5.74) is 3.27. The van der Waals surface area contributed by atoms with Crippen LogP contribution in [0.3, 0.4) is 0 Å². The molecule has 0 amide bonds. The second-order valence-electron chi connectivity index (χ2n) is 3.03. The first kappa shape index (κ1) is 11.4. The van der Waals surface area contributed by atoms with Gasteiger partial charge in [0.25, 0.3) is 0 Å². The van der Waals surface area contributed by atoms with Crippen LogP contribution in [-0.2, 0) is 0 Å². The number of pyridine rings is 1. The zero-order valence-corrected chi connectivity index (χ0v) is 9.57. The molecular formula is C14H17N. The van der Waals surface area contributed by atoms with Gasteiger partial charge in [0, 0.05) is 11.3 Å². The number of hydrogen-bond donors (Lipinski definition) is 0. The van der Waals surface area contributed by atoms with Crippen molar-refractivity contribution in [2.75, 3.05) is 0 Å². The van der Waals surface area contributed by atoms with Crippen molar-refractivity contribution in [2.24, 2.45) is 0 Å². The predicted octanol–water partition coefficient (Wildman–Crippen LogP) is 4.08. The summed E-state index contributed by atoms with van der Waals surface area (Å²) in [5, 5.41) is 0. The fourth-order valence-corrected chi connectivity index (χ4v) is 1.31. The van der Waals surface area contributed by atoms with Gasteiger partial charge in [-0.3, -0.25) is 4.98 Å². The third-order valence-electron chi connectivity index (χ3n) is 1.96. The fraction of sp³-hybridized carbons (Fsp3) is 0.214. The molecule has 0 aliphatic carbocycles. The molecule has 0 atom stereocenters. The molecule has 0 unspecified atom stereocenters. The zero-order valence-electron chi connectivity index (χ0n) is 9.57. The lowest BCUT2D eigenvalue weighted by molar-refractivity contribution is 1.21. The molecule has 0 N–H and O–H groups in total. The summed E-state index contributed by atoms with van der Waals surface area (Å²) in [7, 11) is 0. The molecule has 0 saturated carbocycles. The Bertz CT molecular complexity index is 393. The largest absolute Gasteiger partial charge is 0.253 e. The van der Waals surface area contributed by atoms with Gasteiger partial charge in [0.1, 0.15) is 0 Å². The van der Waals surface area contributed by atoms with Crippen molar-refractivity contribution >= 4 is 0 Å². The Kier molecular flexibility index (Phi) is 4.55. The Hall–Kier alpha value is -1.63. The summed E-state index contributed by atoms with van der Waals surface area (Å²) in [5.74, 6) is 0. The van der Waals surface area contributed by atoms with Crippen LogP contribution in [0.15, 0.2) is 48.5 Å². The Morgan fingerprint density at radius 2 is 1.47 bits per heavy atom. The van der Waals surface area contributed by atoms with Crippen LogP contribution < -0.4 is 0 Å². The molecule has 1 heterocycles. The number of nitrogens with zero attached hydrogens (tertiary/aromatic N) is 1. The number of aryl methyl sites for hydroxylation is 1. The van der Waals surface area contributed by atoms with Crippen molar-refractivity contribution in [3.63, 3.8) is 0 Å². The summed E-state index contributed by atoms with van der Waals surface area (Å²) in [6.45, 7) is 6.01. The van der Waals surface area contributed by atoms with E-state index in [0.29, 0.717) is 0 Å². The molecule has 1 heteroatoms. The van der Waals surface area contributed by atoms with Crippen LogP contribution in [0, 0.1) is 6.92 Å². The highest BCUT2D eigenvalue weighted by molar-refractivity contribution is 5.58. The van der Waals surface area contributed by atoms with Gasteiger partial charge in [0.2, 0.25) is 0 Å². The van der Waals surface area contributed by atoms with Gasteiger partial charge >= 0.3 is 0 Å². The maximum Gasteiger partial charge on any atom is 0.0705 e. The SMILES string of the molecule is CC.Cc1cccc(-c2ccccc2)n1. The molecule has 0 aliphatic heterocycles. The second kappa shape index (κ2) is 5.97. The van der Waals surface area contributed by atoms with Crippen LogP contribution in [0.1, 0.15) is 19.5 Å². The minimum absolute atomic E-state index is 1.04. The van der Waals surface area contributed by atoms with Gasteiger partial charge in [-0.1, -0.05) is 50.2 Å². The van der Waals surface area contributed by atoms with E-state index in [2.05, 4.69) is 17.1 Å². The van der Waals surface area contributed by atoms with Crippen LogP contribution in [-0.4, -0.2) is 4.98 Å². The Morgan fingerprint density at radius 1 is 0.800 bits per heavy atom. The molecule has 0 spiro atoms. The summed E-state index contributed by atoms with van der Waals surface area (Å²) < 4.78 is 0. The third kappa shape index (κ3) is 3.21. The third-order valence-corrected chi connectivity index (χ3v) is 1.96. The number of aromatic nitrogens is 1. The van der Waals surface area contributed by atoms with E-state index in [1.807, 2.05) is 57.2 Å². The van der Waals surface area contributed by atoms with Crippen LogP contribution in [0.25, 0.3) is 11.3 Å². The first-order valence-electron chi connectivity index (χ1n) is 5.35. The molecule has 2 rings (SSSR count). The monoisotopic (exact) mass is 199 g/mol. The van der Waals surface area contributed by atoms with Gasteiger partial charge in [-0.2, -0.15) is 0 Å². The van der Waals surface area contributed by atoms with E-state index in [9.17, 15) is 0 Å². The van der Waals surface area contributed by atoms with Gasteiger partial charge in [-0.05, 0) is 19.1 Å². The average molecular weight is 199 g/mol. The van der Waals surface area contributed by atoms with Gasteiger partial charge in [0.05, 0.1) is 5.69 Å². The predicted molar refractivity (Wildman–Crippen MR) is 65.8 cm³/mol. The molecule has 0 radical (unpaired) electrons. The highest BCUT2D eigenvalue weighted by Crippen LogP contribution is 2.15. The van der Waals surface area contributed by atoms with Crippen LogP contribution >= 0.6 is 0 Å². The molecular weight excluding hydrogens is 182 g/mol. The highest BCUT2D eigenvalue weighted by Gasteiger charge is 1.96. The zero-order chi connectivity index (χ0) is 11.1. The van der Waals surface area contributed by atoms with Crippen LogP contribution in [0.5, 0.6) is 0 Å². The highest BCUT2D eigenvalue weighted by atomic mass is 14.7. The normalized spacial score (nSPS) is 9.00. The lowest BCUT2D eigenvalue weighted by Crippen LogP contribution is -1.84. The maximum atomic E-state index is 4.44. The van der Waals surface area contributed by atoms with E-state index in [-0.39, 0.29) is 0 Å². The summed E-state index contributed by atoms with van der Waals surface area (Å²) >= 11 is 0. The number of hydrogen-bond acceptors (Lipinski definition) is 1. The van der Waals surface area contributed by atoms with Gasteiger partial charge in [0.15, 0.2) is 0 Å². The first-order valence-corrected chi connectivity index (χ1v) is 5.35. The van der Waals surface area contributed by atoms with Crippen molar-refractivity contribution in [1.29, 1.82) is 0 Å². The molecule has 0 bridgehead atoms. The molecule has 1 nitrogen and oxygen atoms in total.